The quantitative estimate of drug-likeness (QED) is 0.458. The van der Waals surface area contributed by atoms with Crippen molar-refractivity contribution in [2.45, 2.75) is 26.5 Å². The van der Waals surface area contributed by atoms with E-state index < -0.39 is 10.1 Å². The zero-order valence-electron chi connectivity index (χ0n) is 10.1. The largest absolute Gasteiger partial charge is 0.455 e. The standard InChI is InChI=1S/C11H15NO5S/c1-10(13)17-9-11-5-2-3-6-12(11)7-4-8-18(14,15)16/h2-3,5-6H,4,7-9H2,1H3/p+1. The van der Waals surface area contributed by atoms with Crippen LogP contribution < -0.4 is 4.57 Å². The Balaban J connectivity index is 2.61. The van der Waals surface area contributed by atoms with Crippen molar-refractivity contribution in [3.05, 3.63) is 30.1 Å². The number of rotatable bonds is 6. The van der Waals surface area contributed by atoms with Gasteiger partial charge in [0.25, 0.3) is 10.1 Å². The number of carbonyl (C=O) groups excluding carboxylic acids is 1. The Bertz CT molecular complexity index is 512. The molecule has 1 rings (SSSR count). The third-order valence-corrected chi connectivity index (χ3v) is 3.06. The normalized spacial score (nSPS) is 11.2. The minimum absolute atomic E-state index is 0.141. The predicted octanol–water partition coefficient (Wildman–Crippen LogP) is 0.315. The Morgan fingerprint density at radius 1 is 1.44 bits per heavy atom. The van der Waals surface area contributed by atoms with Crippen LogP contribution in [-0.4, -0.2) is 24.7 Å². The molecule has 0 aromatic carbocycles. The van der Waals surface area contributed by atoms with Gasteiger partial charge in [-0.1, -0.05) is 0 Å². The van der Waals surface area contributed by atoms with Gasteiger partial charge in [0.2, 0.25) is 5.69 Å². The van der Waals surface area contributed by atoms with Gasteiger partial charge in [-0.05, 0) is 6.07 Å². The first-order chi connectivity index (χ1) is 8.38. The van der Waals surface area contributed by atoms with Gasteiger partial charge < -0.3 is 4.74 Å². The summed E-state index contributed by atoms with van der Waals surface area (Å²) in [6, 6.07) is 5.39. The minimum atomic E-state index is -3.93. The first-order valence-corrected chi connectivity index (χ1v) is 7.05. The van der Waals surface area contributed by atoms with E-state index in [0.29, 0.717) is 13.0 Å². The number of hydrogen-bond acceptors (Lipinski definition) is 4. The smallest absolute Gasteiger partial charge is 0.303 e. The fraction of sp³-hybridized carbons (Fsp3) is 0.455. The van der Waals surface area contributed by atoms with Crippen LogP contribution in [0.15, 0.2) is 24.4 Å². The van der Waals surface area contributed by atoms with Crippen LogP contribution in [0.2, 0.25) is 0 Å². The molecule has 0 spiro atoms. The van der Waals surface area contributed by atoms with Crippen molar-refractivity contribution >= 4 is 16.1 Å². The molecule has 0 fully saturated rings. The molecular formula is C11H16NO5S+. The molecule has 1 N–H and O–H groups in total. The number of pyridine rings is 1. The molecule has 100 valence electrons. The molecule has 0 unspecified atom stereocenters. The molecule has 0 aliphatic rings. The van der Waals surface area contributed by atoms with E-state index in [1.165, 1.54) is 6.92 Å². The van der Waals surface area contributed by atoms with Crippen LogP contribution in [0.4, 0.5) is 0 Å². The molecule has 0 amide bonds. The molecule has 1 heterocycles. The number of ether oxygens (including phenoxy) is 1. The summed E-state index contributed by atoms with van der Waals surface area (Å²) in [5.41, 5.74) is 0.767. The van der Waals surface area contributed by atoms with Crippen molar-refractivity contribution in [3.63, 3.8) is 0 Å². The van der Waals surface area contributed by atoms with Crippen molar-refractivity contribution < 1.29 is 27.1 Å². The molecule has 1 aromatic heterocycles. The van der Waals surface area contributed by atoms with Crippen LogP contribution in [0.1, 0.15) is 19.0 Å². The van der Waals surface area contributed by atoms with Crippen LogP contribution in [0, 0.1) is 0 Å². The van der Waals surface area contributed by atoms with Gasteiger partial charge in [0.15, 0.2) is 12.8 Å². The molecule has 1 aromatic rings. The summed E-state index contributed by atoms with van der Waals surface area (Å²) in [5.74, 6) is -0.662. The second-order valence-electron chi connectivity index (χ2n) is 3.81. The second-order valence-corrected chi connectivity index (χ2v) is 5.38. The second kappa shape index (κ2) is 6.46. The molecule has 0 bridgehead atoms. The van der Waals surface area contributed by atoms with Gasteiger partial charge in [-0.2, -0.15) is 13.0 Å². The molecule has 0 radical (unpaired) electrons. The highest BCUT2D eigenvalue weighted by molar-refractivity contribution is 7.85. The third kappa shape index (κ3) is 5.74. The Kier molecular flexibility index (Phi) is 5.24. The summed E-state index contributed by atoms with van der Waals surface area (Å²) in [5, 5.41) is 0. The summed E-state index contributed by atoms with van der Waals surface area (Å²) in [4.78, 5) is 10.7. The Hall–Kier alpha value is -1.47. The van der Waals surface area contributed by atoms with E-state index in [0.717, 1.165) is 5.69 Å². The highest BCUT2D eigenvalue weighted by atomic mass is 32.2. The van der Waals surface area contributed by atoms with E-state index in [4.69, 9.17) is 9.29 Å². The van der Waals surface area contributed by atoms with Gasteiger partial charge in [-0.15, -0.1) is 0 Å². The Morgan fingerprint density at radius 3 is 2.78 bits per heavy atom. The number of carbonyl (C=O) groups is 1. The van der Waals surface area contributed by atoms with Crippen molar-refractivity contribution in [2.75, 3.05) is 5.75 Å². The minimum Gasteiger partial charge on any atom is -0.455 e. The lowest BCUT2D eigenvalue weighted by Crippen LogP contribution is -2.39. The molecule has 0 aliphatic carbocycles. The van der Waals surface area contributed by atoms with E-state index in [9.17, 15) is 13.2 Å². The number of esters is 1. The maximum Gasteiger partial charge on any atom is 0.303 e. The summed E-state index contributed by atoms with van der Waals surface area (Å²) in [6.45, 7) is 1.89. The van der Waals surface area contributed by atoms with Crippen molar-refractivity contribution in [1.82, 2.24) is 0 Å². The van der Waals surface area contributed by atoms with Crippen LogP contribution >= 0.6 is 0 Å². The number of aryl methyl sites for hydroxylation is 1. The van der Waals surface area contributed by atoms with Gasteiger partial charge in [0.05, 0.1) is 5.75 Å². The summed E-state index contributed by atoms with van der Waals surface area (Å²) in [7, 11) is -3.93. The average Bonchev–Trinajstić information content (AvgIpc) is 2.26. The summed E-state index contributed by atoms with van der Waals surface area (Å²) < 4.78 is 36.5. The highest BCUT2D eigenvalue weighted by Gasteiger charge is 2.12. The summed E-state index contributed by atoms with van der Waals surface area (Å²) in [6.07, 6.45) is 2.06. The molecule has 0 saturated heterocycles. The fourth-order valence-corrected chi connectivity index (χ4v) is 1.95. The molecule has 18 heavy (non-hydrogen) atoms. The molecule has 6 nitrogen and oxygen atoms in total. The lowest BCUT2D eigenvalue weighted by molar-refractivity contribution is -0.705. The monoisotopic (exact) mass is 274 g/mol. The van der Waals surface area contributed by atoms with Crippen LogP contribution in [0.3, 0.4) is 0 Å². The molecule has 0 saturated carbocycles. The lowest BCUT2D eigenvalue weighted by atomic mass is 10.3. The number of hydrogen-bond donors (Lipinski definition) is 1. The van der Waals surface area contributed by atoms with Crippen molar-refractivity contribution in [3.8, 4) is 0 Å². The number of nitrogens with zero attached hydrogens (tertiary/aromatic N) is 1. The fourth-order valence-electron chi connectivity index (χ4n) is 1.45. The average molecular weight is 274 g/mol. The van der Waals surface area contributed by atoms with Gasteiger partial charge in [-0.3, -0.25) is 9.35 Å². The van der Waals surface area contributed by atoms with Crippen molar-refractivity contribution in [1.29, 1.82) is 0 Å². The zero-order valence-corrected chi connectivity index (χ0v) is 10.9. The SMILES string of the molecule is CC(=O)OCc1cccc[n+]1CCCS(=O)(=O)O. The van der Waals surface area contributed by atoms with Crippen LogP contribution in [0.5, 0.6) is 0 Å². The van der Waals surface area contributed by atoms with E-state index in [1.54, 1.807) is 29.0 Å². The highest BCUT2D eigenvalue weighted by Crippen LogP contribution is 1.97. The van der Waals surface area contributed by atoms with Crippen LogP contribution in [0.25, 0.3) is 0 Å². The van der Waals surface area contributed by atoms with E-state index in [1.807, 2.05) is 0 Å². The van der Waals surface area contributed by atoms with E-state index in [-0.39, 0.29) is 18.3 Å². The van der Waals surface area contributed by atoms with Gasteiger partial charge in [-0.25, -0.2) is 0 Å². The van der Waals surface area contributed by atoms with Gasteiger partial charge in [0, 0.05) is 25.5 Å². The summed E-state index contributed by atoms with van der Waals surface area (Å²) >= 11 is 0. The van der Waals surface area contributed by atoms with Crippen molar-refractivity contribution in [2.24, 2.45) is 0 Å². The van der Waals surface area contributed by atoms with Gasteiger partial charge >= 0.3 is 5.97 Å². The lowest BCUT2D eigenvalue weighted by Gasteiger charge is -2.03. The van der Waals surface area contributed by atoms with Gasteiger partial charge in [0.1, 0.15) is 6.54 Å². The maximum atomic E-state index is 10.7. The third-order valence-electron chi connectivity index (χ3n) is 2.26. The van der Waals surface area contributed by atoms with E-state index >= 15 is 0 Å². The number of aromatic nitrogens is 1. The first kappa shape index (κ1) is 14.6. The first-order valence-electron chi connectivity index (χ1n) is 5.44. The zero-order chi connectivity index (χ0) is 13.6. The Labute approximate surface area is 106 Å². The predicted molar refractivity (Wildman–Crippen MR) is 63.1 cm³/mol. The topological polar surface area (TPSA) is 84.5 Å². The molecular weight excluding hydrogens is 258 g/mol. The van der Waals surface area contributed by atoms with E-state index in [2.05, 4.69) is 0 Å². The van der Waals surface area contributed by atoms with Crippen LogP contribution in [-0.2, 0) is 32.8 Å². The Morgan fingerprint density at radius 2 is 2.17 bits per heavy atom. The molecule has 0 atom stereocenters. The molecule has 7 heteroatoms. The molecule has 0 aliphatic heterocycles. The maximum absolute atomic E-state index is 10.7.